The predicted molar refractivity (Wildman–Crippen MR) is 120 cm³/mol. The third kappa shape index (κ3) is 7.58. The molecule has 0 aromatic heterocycles. The fraction of sp³-hybridized carbons (Fsp3) is 0.348. The van der Waals surface area contributed by atoms with Crippen LogP contribution in [0, 0.1) is 0 Å². The van der Waals surface area contributed by atoms with Crippen molar-refractivity contribution in [1.82, 2.24) is 10.6 Å². The number of amides is 3. The highest BCUT2D eigenvalue weighted by Crippen LogP contribution is 2.12. The smallest absolute Gasteiger partial charge is 0.251 e. The molecule has 7 heteroatoms. The predicted octanol–water partition coefficient (Wildman–Crippen LogP) is 3.41. The van der Waals surface area contributed by atoms with Gasteiger partial charge in [-0.3, -0.25) is 14.4 Å². The normalized spacial score (nSPS) is 10.4. The molecule has 0 bridgehead atoms. The van der Waals surface area contributed by atoms with Crippen LogP contribution in [0.5, 0.6) is 0 Å². The summed E-state index contributed by atoms with van der Waals surface area (Å²) in [4.78, 5) is 36.3. The largest absolute Gasteiger partial charge is 0.376 e. The zero-order valence-electron chi connectivity index (χ0n) is 17.7. The zero-order valence-corrected chi connectivity index (χ0v) is 17.7. The minimum Gasteiger partial charge on any atom is -0.376 e. The van der Waals surface area contributed by atoms with Crippen molar-refractivity contribution in [2.75, 3.05) is 23.7 Å². The number of hydrogen-bond donors (Lipinski definition) is 4. The summed E-state index contributed by atoms with van der Waals surface area (Å²) in [6.07, 6.45) is 1.98. The van der Waals surface area contributed by atoms with Crippen molar-refractivity contribution in [1.29, 1.82) is 0 Å². The van der Waals surface area contributed by atoms with Gasteiger partial charge in [0.2, 0.25) is 5.91 Å². The van der Waals surface area contributed by atoms with Gasteiger partial charge < -0.3 is 21.3 Å². The fourth-order valence-electron chi connectivity index (χ4n) is 2.69. The molecule has 2 aromatic rings. The number of benzene rings is 2. The minimum atomic E-state index is -0.238. The lowest BCUT2D eigenvalue weighted by Crippen LogP contribution is -2.30. The van der Waals surface area contributed by atoms with Gasteiger partial charge in [-0.25, -0.2) is 0 Å². The van der Waals surface area contributed by atoms with Crippen molar-refractivity contribution < 1.29 is 14.4 Å². The van der Waals surface area contributed by atoms with E-state index in [9.17, 15) is 14.4 Å². The maximum atomic E-state index is 12.2. The molecule has 0 aliphatic heterocycles. The maximum absolute atomic E-state index is 12.2. The molecule has 0 radical (unpaired) electrons. The van der Waals surface area contributed by atoms with Gasteiger partial charge in [0, 0.05) is 35.1 Å². The van der Waals surface area contributed by atoms with Crippen LogP contribution in [0.1, 0.15) is 54.3 Å². The van der Waals surface area contributed by atoms with E-state index in [1.807, 2.05) is 13.8 Å². The fourth-order valence-corrected chi connectivity index (χ4v) is 2.69. The third-order valence-electron chi connectivity index (χ3n) is 4.24. The van der Waals surface area contributed by atoms with Gasteiger partial charge >= 0.3 is 0 Å². The molecule has 0 aliphatic carbocycles. The SMILES string of the molecule is CCCCNC(=O)c1ccc(NCC(=O)Nc2cccc(C(=O)NC(C)C)c2)cc1. The number of carbonyl (C=O) groups is 3. The van der Waals surface area contributed by atoms with Gasteiger partial charge in [0.15, 0.2) is 0 Å². The highest BCUT2D eigenvalue weighted by atomic mass is 16.2. The Morgan fingerprint density at radius 3 is 2.30 bits per heavy atom. The molecule has 4 N–H and O–H groups in total. The second kappa shape index (κ2) is 11.6. The van der Waals surface area contributed by atoms with Crippen molar-refractivity contribution in [3.05, 3.63) is 59.7 Å². The summed E-state index contributed by atoms with van der Waals surface area (Å²) in [7, 11) is 0. The number of unbranched alkanes of at least 4 members (excludes halogenated alkanes) is 1. The third-order valence-corrected chi connectivity index (χ3v) is 4.24. The molecule has 7 nitrogen and oxygen atoms in total. The lowest BCUT2D eigenvalue weighted by atomic mass is 10.1. The minimum absolute atomic E-state index is 0.0359. The van der Waals surface area contributed by atoms with E-state index >= 15 is 0 Å². The second-order valence-corrected chi connectivity index (χ2v) is 7.30. The Morgan fingerprint density at radius 1 is 0.900 bits per heavy atom. The molecular weight excluding hydrogens is 380 g/mol. The number of nitrogens with one attached hydrogen (secondary N) is 4. The molecular formula is C23H30N4O3. The van der Waals surface area contributed by atoms with E-state index in [1.54, 1.807) is 48.5 Å². The van der Waals surface area contributed by atoms with Crippen molar-refractivity contribution in [2.24, 2.45) is 0 Å². The van der Waals surface area contributed by atoms with Gasteiger partial charge in [0.25, 0.3) is 11.8 Å². The Bertz CT molecular complexity index is 863. The Hall–Kier alpha value is -3.35. The van der Waals surface area contributed by atoms with Crippen LogP contribution < -0.4 is 21.3 Å². The summed E-state index contributed by atoms with van der Waals surface area (Å²) in [5.41, 5.74) is 2.36. The number of anilines is 2. The number of hydrogen-bond acceptors (Lipinski definition) is 4. The standard InChI is InChI=1S/C23H30N4O3/c1-4-5-13-24-22(29)17-9-11-19(12-10-17)25-15-21(28)27-20-8-6-7-18(14-20)23(30)26-16(2)3/h6-12,14,16,25H,4-5,13,15H2,1-3H3,(H,24,29)(H,26,30)(H,27,28). The zero-order chi connectivity index (χ0) is 21.9. The van der Waals surface area contributed by atoms with Crippen LogP contribution in [-0.2, 0) is 4.79 Å². The molecule has 0 fully saturated rings. The summed E-state index contributed by atoms with van der Waals surface area (Å²) in [5.74, 6) is -0.523. The molecule has 160 valence electrons. The van der Waals surface area contributed by atoms with Crippen molar-refractivity contribution in [3.8, 4) is 0 Å². The Kier molecular flexibility index (Phi) is 8.87. The summed E-state index contributed by atoms with van der Waals surface area (Å²) in [6, 6.07) is 13.8. The molecule has 2 rings (SSSR count). The number of rotatable bonds is 10. The Labute approximate surface area is 177 Å². The second-order valence-electron chi connectivity index (χ2n) is 7.30. The van der Waals surface area contributed by atoms with E-state index in [0.29, 0.717) is 23.4 Å². The van der Waals surface area contributed by atoms with Gasteiger partial charge in [-0.2, -0.15) is 0 Å². The van der Waals surface area contributed by atoms with Gasteiger partial charge in [-0.1, -0.05) is 19.4 Å². The highest BCUT2D eigenvalue weighted by molar-refractivity contribution is 5.98. The molecule has 0 heterocycles. The van der Waals surface area contributed by atoms with E-state index in [1.165, 1.54) is 0 Å². The van der Waals surface area contributed by atoms with Crippen LogP contribution in [-0.4, -0.2) is 36.9 Å². The van der Waals surface area contributed by atoms with E-state index in [4.69, 9.17) is 0 Å². The van der Waals surface area contributed by atoms with Gasteiger partial charge in [-0.05, 0) is 62.7 Å². The van der Waals surface area contributed by atoms with Gasteiger partial charge in [0.05, 0.1) is 6.54 Å². The first-order valence-corrected chi connectivity index (χ1v) is 10.2. The van der Waals surface area contributed by atoms with Crippen molar-refractivity contribution in [2.45, 2.75) is 39.7 Å². The molecule has 0 spiro atoms. The summed E-state index contributed by atoms with van der Waals surface area (Å²) in [6.45, 7) is 6.57. The molecule has 0 saturated heterocycles. The van der Waals surface area contributed by atoms with Crippen LogP contribution in [0.2, 0.25) is 0 Å². The number of carbonyl (C=O) groups excluding carboxylic acids is 3. The first-order chi connectivity index (χ1) is 14.4. The summed E-state index contributed by atoms with van der Waals surface area (Å²) >= 11 is 0. The molecule has 0 atom stereocenters. The lowest BCUT2D eigenvalue weighted by molar-refractivity contribution is -0.114. The van der Waals surface area contributed by atoms with Crippen LogP contribution in [0.4, 0.5) is 11.4 Å². The average molecular weight is 411 g/mol. The van der Waals surface area contributed by atoms with Crippen molar-refractivity contribution >= 4 is 29.1 Å². The monoisotopic (exact) mass is 410 g/mol. The topological polar surface area (TPSA) is 99.3 Å². The molecule has 2 aromatic carbocycles. The van der Waals surface area contributed by atoms with Crippen LogP contribution in [0.25, 0.3) is 0 Å². The lowest BCUT2D eigenvalue weighted by Gasteiger charge is -2.11. The average Bonchev–Trinajstić information content (AvgIpc) is 2.72. The van der Waals surface area contributed by atoms with E-state index in [0.717, 1.165) is 18.5 Å². The first kappa shape index (κ1) is 22.9. The Morgan fingerprint density at radius 2 is 1.63 bits per heavy atom. The van der Waals surface area contributed by atoms with Crippen LogP contribution in [0.15, 0.2) is 48.5 Å². The molecule has 3 amide bonds. The Balaban J connectivity index is 1.85. The summed E-state index contributed by atoms with van der Waals surface area (Å²) < 4.78 is 0. The molecule has 0 saturated carbocycles. The van der Waals surface area contributed by atoms with E-state index in [2.05, 4.69) is 28.2 Å². The molecule has 30 heavy (non-hydrogen) atoms. The van der Waals surface area contributed by atoms with Crippen LogP contribution in [0.3, 0.4) is 0 Å². The summed E-state index contributed by atoms with van der Waals surface area (Å²) in [5, 5.41) is 11.5. The highest BCUT2D eigenvalue weighted by Gasteiger charge is 2.09. The maximum Gasteiger partial charge on any atom is 0.251 e. The van der Waals surface area contributed by atoms with Crippen LogP contribution >= 0.6 is 0 Å². The first-order valence-electron chi connectivity index (χ1n) is 10.2. The van der Waals surface area contributed by atoms with E-state index in [-0.39, 0.29) is 30.3 Å². The molecule has 0 unspecified atom stereocenters. The van der Waals surface area contributed by atoms with Gasteiger partial charge in [-0.15, -0.1) is 0 Å². The quantitative estimate of drug-likeness (QED) is 0.451. The van der Waals surface area contributed by atoms with E-state index < -0.39 is 0 Å². The van der Waals surface area contributed by atoms with Gasteiger partial charge in [0.1, 0.15) is 0 Å². The molecule has 0 aliphatic rings. The van der Waals surface area contributed by atoms with Crippen molar-refractivity contribution in [3.63, 3.8) is 0 Å².